The summed E-state index contributed by atoms with van der Waals surface area (Å²) in [6.45, 7) is -0.712. The first kappa shape index (κ1) is 30.5. The van der Waals surface area contributed by atoms with Crippen LogP contribution in [0.25, 0.3) is 0 Å². The number of hydrogen-bond acceptors (Lipinski definition) is 15. The Morgan fingerprint density at radius 3 is 2.24 bits per heavy atom. The van der Waals surface area contributed by atoms with Crippen molar-refractivity contribution in [2.45, 2.75) is 105 Å². The Morgan fingerprint density at radius 1 is 0.946 bits per heavy atom. The van der Waals surface area contributed by atoms with Crippen molar-refractivity contribution in [2.24, 2.45) is 28.7 Å². The number of carbonyl (C=O) groups excluding carboxylic acids is 1. The van der Waals surface area contributed by atoms with E-state index in [2.05, 4.69) is 5.32 Å². The third kappa shape index (κ3) is 6.92. The maximum atomic E-state index is 12.4. The van der Waals surface area contributed by atoms with Crippen molar-refractivity contribution in [1.82, 2.24) is 5.32 Å². The number of aliphatic hydroxyl groups excluding tert-OH is 5. The highest BCUT2D eigenvalue weighted by atomic mass is 16.7. The van der Waals surface area contributed by atoms with Crippen molar-refractivity contribution in [3.05, 3.63) is 0 Å². The SMILES string of the molecule is NC[C@@H]1CCC(N)[C@@H](OC2C(O)[C@@H](O[C@H]3OC(CO)[C@H](O)[C@H](N)C3O)[C@H](NC(=O)[C@@H](O)CN)C[C@@H]2N)O1. The van der Waals surface area contributed by atoms with Gasteiger partial charge in [0.2, 0.25) is 5.91 Å². The van der Waals surface area contributed by atoms with Gasteiger partial charge < -0.3 is 78.5 Å². The molecule has 16 heteroatoms. The summed E-state index contributed by atoms with van der Waals surface area (Å²) in [5.41, 5.74) is 29.4. The molecule has 0 aromatic rings. The number of rotatable bonds is 9. The molecule has 2 saturated heterocycles. The molecule has 2 heterocycles. The lowest BCUT2D eigenvalue weighted by atomic mass is 9.83. The van der Waals surface area contributed by atoms with Gasteiger partial charge in [0.25, 0.3) is 0 Å². The second-order valence-corrected chi connectivity index (χ2v) is 9.85. The lowest BCUT2D eigenvalue weighted by Gasteiger charge is -2.48. The molecule has 0 bridgehead atoms. The van der Waals surface area contributed by atoms with E-state index in [4.69, 9.17) is 47.6 Å². The summed E-state index contributed by atoms with van der Waals surface area (Å²) in [5.74, 6) is -0.825. The quantitative estimate of drug-likeness (QED) is 0.130. The summed E-state index contributed by atoms with van der Waals surface area (Å²) in [5, 5.41) is 53.9. The van der Waals surface area contributed by atoms with Gasteiger partial charge in [-0.05, 0) is 19.3 Å². The van der Waals surface area contributed by atoms with Crippen molar-refractivity contribution in [3.8, 4) is 0 Å². The molecule has 3 fully saturated rings. The van der Waals surface area contributed by atoms with Crippen LogP contribution in [0.15, 0.2) is 0 Å². The molecule has 216 valence electrons. The Bertz CT molecular complexity index is 740. The molecule has 37 heavy (non-hydrogen) atoms. The summed E-state index contributed by atoms with van der Waals surface area (Å²) < 4.78 is 23.2. The molecule has 1 amide bonds. The predicted molar refractivity (Wildman–Crippen MR) is 126 cm³/mol. The van der Waals surface area contributed by atoms with Gasteiger partial charge in [-0.15, -0.1) is 0 Å². The number of carbonyl (C=O) groups is 1. The summed E-state index contributed by atoms with van der Waals surface area (Å²) >= 11 is 0. The van der Waals surface area contributed by atoms with Gasteiger partial charge in [-0.1, -0.05) is 0 Å². The van der Waals surface area contributed by atoms with Gasteiger partial charge in [0.15, 0.2) is 12.6 Å². The molecule has 5 unspecified atom stereocenters. The summed E-state index contributed by atoms with van der Waals surface area (Å²) in [6.07, 6.45) is -11.0. The third-order valence-electron chi connectivity index (χ3n) is 7.15. The van der Waals surface area contributed by atoms with Crippen LogP contribution < -0.4 is 34.0 Å². The Balaban J connectivity index is 1.82. The van der Waals surface area contributed by atoms with Crippen molar-refractivity contribution < 1.29 is 49.3 Å². The molecule has 16 N–H and O–H groups in total. The number of amides is 1. The maximum Gasteiger partial charge on any atom is 0.250 e. The summed E-state index contributed by atoms with van der Waals surface area (Å²) in [7, 11) is 0. The van der Waals surface area contributed by atoms with Crippen molar-refractivity contribution in [3.63, 3.8) is 0 Å². The maximum absolute atomic E-state index is 12.4. The van der Waals surface area contributed by atoms with Crippen LogP contribution in [-0.4, -0.2) is 137 Å². The van der Waals surface area contributed by atoms with Crippen molar-refractivity contribution in [1.29, 1.82) is 0 Å². The lowest BCUT2D eigenvalue weighted by molar-refractivity contribution is -0.314. The van der Waals surface area contributed by atoms with Gasteiger partial charge in [-0.2, -0.15) is 0 Å². The number of nitrogens with two attached hydrogens (primary N) is 5. The largest absolute Gasteiger partial charge is 0.394 e. The van der Waals surface area contributed by atoms with Crippen LogP contribution in [0, 0.1) is 0 Å². The van der Waals surface area contributed by atoms with Gasteiger partial charge in [-0.3, -0.25) is 4.79 Å². The molecule has 3 aliphatic rings. The zero-order valence-electron chi connectivity index (χ0n) is 20.5. The number of ether oxygens (including phenoxy) is 4. The molecular formula is C21H42N6O10. The average Bonchev–Trinajstić information content (AvgIpc) is 2.88. The average molecular weight is 539 g/mol. The highest BCUT2D eigenvalue weighted by molar-refractivity contribution is 5.81. The van der Waals surface area contributed by atoms with E-state index < -0.39 is 92.0 Å². The molecule has 2 aliphatic heterocycles. The highest BCUT2D eigenvalue weighted by Gasteiger charge is 2.51. The normalized spacial score (nSPS) is 45.8. The Labute approximate surface area is 214 Å². The molecule has 0 aromatic carbocycles. The van der Waals surface area contributed by atoms with Crippen LogP contribution in [0.1, 0.15) is 19.3 Å². The van der Waals surface area contributed by atoms with E-state index in [0.29, 0.717) is 12.8 Å². The van der Waals surface area contributed by atoms with Crippen molar-refractivity contribution >= 4 is 5.91 Å². The van der Waals surface area contributed by atoms with E-state index in [1.807, 2.05) is 0 Å². The summed E-state index contributed by atoms with van der Waals surface area (Å²) in [4.78, 5) is 12.4. The molecule has 3 rings (SSSR count). The monoisotopic (exact) mass is 538 g/mol. The van der Waals surface area contributed by atoms with E-state index in [1.165, 1.54) is 0 Å². The zero-order valence-corrected chi connectivity index (χ0v) is 20.5. The first-order valence-corrected chi connectivity index (χ1v) is 12.4. The second kappa shape index (κ2) is 13.3. The van der Waals surface area contributed by atoms with E-state index in [-0.39, 0.29) is 25.6 Å². The van der Waals surface area contributed by atoms with Gasteiger partial charge in [0, 0.05) is 19.1 Å². The van der Waals surface area contributed by atoms with Crippen LogP contribution in [0.4, 0.5) is 0 Å². The number of aliphatic hydroxyl groups is 5. The van der Waals surface area contributed by atoms with Crippen molar-refractivity contribution in [2.75, 3.05) is 19.7 Å². The fraction of sp³-hybridized carbons (Fsp3) is 0.952. The van der Waals surface area contributed by atoms with Crippen LogP contribution >= 0.6 is 0 Å². The van der Waals surface area contributed by atoms with Gasteiger partial charge in [0.1, 0.15) is 42.7 Å². The van der Waals surface area contributed by atoms with Crippen LogP contribution in [0.3, 0.4) is 0 Å². The minimum Gasteiger partial charge on any atom is -0.394 e. The van der Waals surface area contributed by atoms with E-state index in [1.54, 1.807) is 0 Å². The highest BCUT2D eigenvalue weighted by Crippen LogP contribution is 2.31. The molecular weight excluding hydrogens is 496 g/mol. The fourth-order valence-corrected chi connectivity index (χ4v) is 4.84. The smallest absolute Gasteiger partial charge is 0.250 e. The molecule has 1 aliphatic carbocycles. The summed E-state index contributed by atoms with van der Waals surface area (Å²) in [6, 6.07) is -3.56. The second-order valence-electron chi connectivity index (χ2n) is 9.85. The first-order valence-electron chi connectivity index (χ1n) is 12.4. The third-order valence-corrected chi connectivity index (χ3v) is 7.15. The molecule has 0 spiro atoms. The van der Waals surface area contributed by atoms with E-state index >= 15 is 0 Å². The van der Waals surface area contributed by atoms with E-state index in [0.717, 1.165) is 0 Å². The van der Waals surface area contributed by atoms with E-state index in [9.17, 15) is 30.3 Å². The minimum absolute atomic E-state index is 0.0125. The van der Waals surface area contributed by atoms with Crippen LogP contribution in [-0.2, 0) is 23.7 Å². The lowest BCUT2D eigenvalue weighted by Crippen LogP contribution is -2.69. The topological polar surface area (TPSA) is 297 Å². The molecule has 16 nitrogen and oxygen atoms in total. The molecule has 0 radical (unpaired) electrons. The van der Waals surface area contributed by atoms with Gasteiger partial charge in [0.05, 0.1) is 30.8 Å². The Morgan fingerprint density at radius 2 is 1.62 bits per heavy atom. The molecule has 1 saturated carbocycles. The predicted octanol–water partition coefficient (Wildman–Crippen LogP) is -6.79. The fourth-order valence-electron chi connectivity index (χ4n) is 4.84. The number of hydrogen-bond donors (Lipinski definition) is 11. The standard InChI is InChI=1S/C21H42N6O10/c22-4-7-1-2-8(24)20(34-7)36-17-9(25)3-10(27-19(33)11(29)5-23)18(16(17)32)37-21-15(31)13(26)14(30)12(6-28)35-21/h7-18,20-21,28-32H,1-6,22-26H2,(H,27,33)/t7-,8?,9-,10+,11-,12?,13-,14-,15?,16?,17?,18-,20+,21+/m0/s1. The van der Waals surface area contributed by atoms with Gasteiger partial charge >= 0.3 is 0 Å². The van der Waals surface area contributed by atoms with Crippen LogP contribution in [0.5, 0.6) is 0 Å². The zero-order chi connectivity index (χ0) is 27.4. The molecule has 0 aromatic heterocycles. The van der Waals surface area contributed by atoms with Crippen LogP contribution in [0.2, 0.25) is 0 Å². The van der Waals surface area contributed by atoms with Gasteiger partial charge in [-0.25, -0.2) is 0 Å². The Kier molecular flexibility index (Phi) is 11.0. The molecule has 14 atom stereocenters. The Hall–Kier alpha value is -1.09. The minimum atomic E-state index is -1.55. The number of nitrogens with one attached hydrogen (secondary N) is 1. The first-order chi connectivity index (χ1) is 17.5.